The number of benzene rings is 1. The zero-order valence-electron chi connectivity index (χ0n) is 15.7. The van der Waals surface area contributed by atoms with Crippen LogP contribution in [0.15, 0.2) is 35.6 Å². The Bertz CT molecular complexity index is 747. The summed E-state index contributed by atoms with van der Waals surface area (Å²) in [7, 11) is 1.91. The number of aliphatic imine (C=N–C) groups is 1. The molecule has 0 amide bonds. The van der Waals surface area contributed by atoms with Crippen molar-refractivity contribution in [2.75, 3.05) is 26.7 Å². The van der Waals surface area contributed by atoms with E-state index in [1.54, 1.807) is 0 Å². The van der Waals surface area contributed by atoms with Gasteiger partial charge < -0.3 is 14.8 Å². The van der Waals surface area contributed by atoms with Crippen LogP contribution < -0.4 is 5.32 Å². The van der Waals surface area contributed by atoms with Crippen LogP contribution in [0.1, 0.15) is 38.5 Å². The Morgan fingerprint density at radius 2 is 2.04 bits per heavy atom. The van der Waals surface area contributed by atoms with Crippen LogP contribution in [0.5, 0.6) is 0 Å². The lowest BCUT2D eigenvalue weighted by Gasteiger charge is -2.26. The van der Waals surface area contributed by atoms with Crippen molar-refractivity contribution < 1.29 is 0 Å². The molecule has 1 aromatic carbocycles. The summed E-state index contributed by atoms with van der Waals surface area (Å²) in [5.74, 6) is 1.08. The number of nitrogens with zero attached hydrogens (tertiary/aromatic N) is 4. The van der Waals surface area contributed by atoms with E-state index in [0.717, 1.165) is 37.5 Å². The fourth-order valence-electron chi connectivity index (χ4n) is 4.62. The number of imidazole rings is 1. The molecule has 2 fully saturated rings. The molecule has 5 nitrogen and oxygen atoms in total. The number of para-hydroxylation sites is 2. The highest BCUT2D eigenvalue weighted by Crippen LogP contribution is 2.45. The highest BCUT2D eigenvalue weighted by molar-refractivity contribution is 14.0. The van der Waals surface area contributed by atoms with Gasteiger partial charge in [0, 0.05) is 33.2 Å². The van der Waals surface area contributed by atoms with E-state index < -0.39 is 0 Å². The SMILES string of the molecule is CN=C(NCCCn1cnc2ccccc21)N1CCC2(CCCC2)C1.I. The van der Waals surface area contributed by atoms with Crippen LogP contribution in [0.3, 0.4) is 0 Å². The van der Waals surface area contributed by atoms with Crippen LogP contribution >= 0.6 is 24.0 Å². The van der Waals surface area contributed by atoms with Gasteiger partial charge in [-0.05, 0) is 43.2 Å². The van der Waals surface area contributed by atoms with Gasteiger partial charge in [0.15, 0.2) is 5.96 Å². The summed E-state index contributed by atoms with van der Waals surface area (Å²) in [6, 6.07) is 8.32. The minimum atomic E-state index is 0. The second-order valence-electron chi connectivity index (χ2n) is 7.63. The average Bonchev–Trinajstić information content (AvgIpc) is 3.37. The number of hydrogen-bond donors (Lipinski definition) is 1. The minimum Gasteiger partial charge on any atom is -0.356 e. The predicted octanol–water partition coefficient (Wildman–Crippen LogP) is 3.89. The van der Waals surface area contributed by atoms with Crippen molar-refractivity contribution in [1.29, 1.82) is 0 Å². The maximum atomic E-state index is 4.52. The van der Waals surface area contributed by atoms with Gasteiger partial charge in [-0.3, -0.25) is 4.99 Å². The lowest BCUT2D eigenvalue weighted by atomic mass is 9.86. The van der Waals surface area contributed by atoms with Crippen LogP contribution in [0, 0.1) is 5.41 Å². The summed E-state index contributed by atoms with van der Waals surface area (Å²) in [4.78, 5) is 11.5. The van der Waals surface area contributed by atoms with Gasteiger partial charge in [0.2, 0.25) is 0 Å². The minimum absolute atomic E-state index is 0. The summed E-state index contributed by atoms with van der Waals surface area (Å²) in [6.07, 6.45) is 10.0. The van der Waals surface area contributed by atoms with Crippen molar-refractivity contribution in [3.05, 3.63) is 30.6 Å². The number of guanidine groups is 1. The third kappa shape index (κ3) is 4.00. The number of halogens is 1. The normalized spacial score (nSPS) is 19.3. The van der Waals surface area contributed by atoms with Crippen molar-refractivity contribution in [2.24, 2.45) is 10.4 Å². The van der Waals surface area contributed by atoms with Crippen molar-refractivity contribution >= 4 is 41.0 Å². The summed E-state index contributed by atoms with van der Waals surface area (Å²) < 4.78 is 2.24. The van der Waals surface area contributed by atoms with Gasteiger partial charge in [-0.2, -0.15) is 0 Å². The summed E-state index contributed by atoms with van der Waals surface area (Å²) in [5.41, 5.74) is 2.88. The van der Waals surface area contributed by atoms with Crippen LogP contribution in [0.4, 0.5) is 0 Å². The van der Waals surface area contributed by atoms with Crippen LogP contribution in [0.25, 0.3) is 11.0 Å². The Balaban J connectivity index is 0.00000196. The summed E-state index contributed by atoms with van der Waals surface area (Å²) in [6.45, 7) is 4.28. The monoisotopic (exact) mass is 467 g/mol. The number of rotatable bonds is 4. The fourth-order valence-corrected chi connectivity index (χ4v) is 4.62. The Kier molecular flexibility index (Phi) is 6.42. The Morgan fingerprint density at radius 1 is 1.23 bits per heavy atom. The molecular weight excluding hydrogens is 437 g/mol. The molecule has 0 radical (unpaired) electrons. The third-order valence-corrected chi connectivity index (χ3v) is 6.00. The van der Waals surface area contributed by atoms with Crippen LogP contribution in [0.2, 0.25) is 0 Å². The van der Waals surface area contributed by atoms with Gasteiger partial charge in [-0.25, -0.2) is 4.98 Å². The third-order valence-electron chi connectivity index (χ3n) is 6.00. The largest absolute Gasteiger partial charge is 0.356 e. The molecule has 1 spiro atoms. The molecule has 4 rings (SSSR count). The van der Waals surface area contributed by atoms with Crippen molar-refractivity contribution in [3.63, 3.8) is 0 Å². The molecule has 6 heteroatoms. The number of likely N-dealkylation sites (tertiary alicyclic amines) is 1. The zero-order chi connectivity index (χ0) is 17.1. The summed E-state index contributed by atoms with van der Waals surface area (Å²) >= 11 is 0. The van der Waals surface area contributed by atoms with E-state index in [1.807, 2.05) is 19.4 Å². The van der Waals surface area contributed by atoms with E-state index in [-0.39, 0.29) is 24.0 Å². The lowest BCUT2D eigenvalue weighted by molar-refractivity contribution is 0.309. The maximum Gasteiger partial charge on any atom is 0.193 e. The Morgan fingerprint density at radius 3 is 2.85 bits per heavy atom. The molecule has 1 aliphatic carbocycles. The van der Waals surface area contributed by atoms with E-state index in [2.05, 4.69) is 43.0 Å². The Labute approximate surface area is 173 Å². The first-order valence-corrected chi connectivity index (χ1v) is 9.65. The van der Waals surface area contributed by atoms with E-state index in [1.165, 1.54) is 44.2 Å². The van der Waals surface area contributed by atoms with Gasteiger partial charge in [0.1, 0.15) is 0 Å². The van der Waals surface area contributed by atoms with E-state index in [9.17, 15) is 0 Å². The first kappa shape index (κ1) is 19.5. The second kappa shape index (κ2) is 8.59. The molecule has 142 valence electrons. The molecule has 0 atom stereocenters. The molecule has 1 N–H and O–H groups in total. The number of fused-ring (bicyclic) bond motifs is 1. The lowest BCUT2D eigenvalue weighted by Crippen LogP contribution is -2.41. The predicted molar refractivity (Wildman–Crippen MR) is 118 cm³/mol. The number of nitrogens with one attached hydrogen (secondary N) is 1. The maximum absolute atomic E-state index is 4.52. The molecule has 1 aromatic heterocycles. The number of aryl methyl sites for hydroxylation is 1. The van der Waals surface area contributed by atoms with Gasteiger partial charge in [0.25, 0.3) is 0 Å². The molecule has 2 aliphatic rings. The highest BCUT2D eigenvalue weighted by Gasteiger charge is 2.40. The molecule has 0 unspecified atom stereocenters. The topological polar surface area (TPSA) is 45.5 Å². The molecule has 2 aromatic rings. The van der Waals surface area contributed by atoms with Crippen molar-refractivity contribution in [1.82, 2.24) is 19.8 Å². The molecule has 1 saturated heterocycles. The first-order chi connectivity index (χ1) is 12.3. The van der Waals surface area contributed by atoms with Crippen molar-refractivity contribution in [3.8, 4) is 0 Å². The summed E-state index contributed by atoms with van der Waals surface area (Å²) in [5, 5.41) is 3.57. The van der Waals surface area contributed by atoms with E-state index in [0.29, 0.717) is 5.41 Å². The molecule has 2 heterocycles. The van der Waals surface area contributed by atoms with Crippen LogP contribution in [-0.4, -0.2) is 47.1 Å². The zero-order valence-corrected chi connectivity index (χ0v) is 18.0. The fraction of sp³-hybridized carbons (Fsp3) is 0.600. The number of hydrogen-bond acceptors (Lipinski definition) is 2. The smallest absolute Gasteiger partial charge is 0.193 e. The first-order valence-electron chi connectivity index (χ1n) is 9.65. The quantitative estimate of drug-likeness (QED) is 0.321. The van der Waals surface area contributed by atoms with Gasteiger partial charge in [0.05, 0.1) is 17.4 Å². The second-order valence-corrected chi connectivity index (χ2v) is 7.63. The molecule has 1 aliphatic heterocycles. The number of aromatic nitrogens is 2. The average molecular weight is 467 g/mol. The highest BCUT2D eigenvalue weighted by atomic mass is 127. The van der Waals surface area contributed by atoms with Gasteiger partial charge >= 0.3 is 0 Å². The van der Waals surface area contributed by atoms with Crippen LogP contribution in [-0.2, 0) is 6.54 Å². The van der Waals surface area contributed by atoms with E-state index >= 15 is 0 Å². The molecule has 1 saturated carbocycles. The van der Waals surface area contributed by atoms with Gasteiger partial charge in [-0.15, -0.1) is 24.0 Å². The van der Waals surface area contributed by atoms with Crippen molar-refractivity contribution in [2.45, 2.75) is 45.1 Å². The molecule has 0 bridgehead atoms. The van der Waals surface area contributed by atoms with E-state index in [4.69, 9.17) is 0 Å². The van der Waals surface area contributed by atoms with Gasteiger partial charge in [-0.1, -0.05) is 25.0 Å². The standard InChI is InChI=1S/C20H29N5.HI/c1-21-19(24-14-11-20(15-24)9-4-5-10-20)22-12-6-13-25-16-23-17-7-2-3-8-18(17)25;/h2-3,7-8,16H,4-6,9-15H2,1H3,(H,21,22);1H. The molecular formula is C20H30IN5. The molecule has 26 heavy (non-hydrogen) atoms. The Hall–Kier alpha value is -1.31.